The number of hydrogen-bond donors (Lipinski definition) is 3. The van der Waals surface area contributed by atoms with Gasteiger partial charge < -0.3 is 20.7 Å². The zero-order valence-corrected chi connectivity index (χ0v) is 17.5. The average molecular weight is 446 g/mol. The van der Waals surface area contributed by atoms with Gasteiger partial charge in [-0.05, 0) is 49.1 Å². The molecule has 0 unspecified atom stereocenters. The lowest BCUT2D eigenvalue weighted by Crippen LogP contribution is -2.47. The number of ether oxygens (including phenoxy) is 1. The molecule has 0 saturated carbocycles. The van der Waals surface area contributed by atoms with Crippen LogP contribution in [0.4, 0.5) is 13.2 Å². The fourth-order valence-electron chi connectivity index (χ4n) is 2.78. The first kappa shape index (κ1) is 26.0. The Morgan fingerprint density at radius 1 is 1.07 bits per heavy atom. The van der Waals surface area contributed by atoms with Crippen LogP contribution in [0.5, 0.6) is 5.75 Å². The Hall–Kier alpha value is -2.06. The monoisotopic (exact) mass is 445 g/mol. The number of hydrogen-bond acceptors (Lipinski definition) is 4. The average Bonchev–Trinajstić information content (AvgIpc) is 2.69. The highest BCUT2D eigenvalue weighted by Crippen LogP contribution is 2.37. The van der Waals surface area contributed by atoms with Crippen LogP contribution >= 0.6 is 12.4 Å². The fraction of sp³-hybridized carbons (Fsp3) is 0.364. The number of aryl methyl sites for hydroxylation is 2. The van der Waals surface area contributed by atoms with Gasteiger partial charge >= 0.3 is 6.18 Å². The molecule has 2 aromatic carbocycles. The van der Waals surface area contributed by atoms with Crippen molar-refractivity contribution in [3.63, 3.8) is 0 Å². The summed E-state index contributed by atoms with van der Waals surface area (Å²) in [4.78, 5) is 0. The van der Waals surface area contributed by atoms with Gasteiger partial charge in [0.2, 0.25) is 0 Å². The molecule has 0 saturated heterocycles. The first-order chi connectivity index (χ1) is 13.7. The van der Waals surface area contributed by atoms with Crippen molar-refractivity contribution in [1.82, 2.24) is 0 Å². The molecule has 0 aromatic heterocycles. The van der Waals surface area contributed by atoms with Crippen LogP contribution in [0.25, 0.3) is 6.08 Å². The second-order valence-corrected chi connectivity index (χ2v) is 7.13. The number of rotatable bonds is 9. The van der Waals surface area contributed by atoms with Gasteiger partial charge in [0.25, 0.3) is 0 Å². The number of halogens is 4. The summed E-state index contributed by atoms with van der Waals surface area (Å²) in [7, 11) is 0. The molecule has 0 fully saturated rings. The van der Waals surface area contributed by atoms with Crippen molar-refractivity contribution in [3.8, 4) is 5.75 Å². The zero-order chi connectivity index (χ0) is 21.5. The van der Waals surface area contributed by atoms with Crippen molar-refractivity contribution in [3.05, 3.63) is 70.8 Å². The lowest BCUT2D eigenvalue weighted by Gasteiger charge is -2.24. The molecule has 0 bridgehead atoms. The van der Waals surface area contributed by atoms with Gasteiger partial charge in [-0.2, -0.15) is 13.2 Å². The normalized spacial score (nSPS) is 12.1. The van der Waals surface area contributed by atoms with Crippen molar-refractivity contribution in [2.24, 2.45) is 5.73 Å². The van der Waals surface area contributed by atoms with Crippen LogP contribution in [-0.2, 0) is 12.6 Å². The minimum atomic E-state index is -4.57. The molecule has 0 aliphatic rings. The number of aliphatic hydroxyl groups is 2. The van der Waals surface area contributed by atoms with Gasteiger partial charge in [0.1, 0.15) is 12.4 Å². The highest BCUT2D eigenvalue weighted by Gasteiger charge is 2.35. The van der Waals surface area contributed by atoms with Crippen LogP contribution in [0.1, 0.15) is 28.7 Å². The first-order valence-electron chi connectivity index (χ1n) is 9.23. The Kier molecular flexibility index (Phi) is 9.84. The molecular weight excluding hydrogens is 419 g/mol. The van der Waals surface area contributed by atoms with Crippen LogP contribution in [-0.4, -0.2) is 35.6 Å². The second kappa shape index (κ2) is 11.4. The maximum absolute atomic E-state index is 13.5. The summed E-state index contributed by atoms with van der Waals surface area (Å²) >= 11 is 0. The van der Waals surface area contributed by atoms with Crippen LogP contribution in [0, 0.1) is 6.92 Å². The summed E-state index contributed by atoms with van der Waals surface area (Å²) in [6, 6.07) is 11.6. The smallest absolute Gasteiger partial charge is 0.419 e. The van der Waals surface area contributed by atoms with Crippen molar-refractivity contribution in [2.75, 3.05) is 19.8 Å². The van der Waals surface area contributed by atoms with E-state index in [0.717, 1.165) is 17.2 Å². The number of aliphatic hydroxyl groups excluding tert-OH is 2. The summed E-state index contributed by atoms with van der Waals surface area (Å²) in [5.41, 5.74) is 6.12. The molecule has 0 amide bonds. The summed E-state index contributed by atoms with van der Waals surface area (Å²) in [5.74, 6) is -0.251. The topological polar surface area (TPSA) is 75.7 Å². The molecule has 4 nitrogen and oxygen atoms in total. The largest absolute Gasteiger partial charge is 0.489 e. The summed E-state index contributed by atoms with van der Waals surface area (Å²) in [6.45, 7) is 1.05. The summed E-state index contributed by atoms with van der Waals surface area (Å²) in [5, 5.41) is 18.4. The van der Waals surface area contributed by atoms with E-state index in [9.17, 15) is 23.4 Å². The van der Waals surface area contributed by atoms with E-state index in [-0.39, 0.29) is 37.6 Å². The molecule has 0 atom stereocenters. The highest BCUT2D eigenvalue weighted by atomic mass is 35.5. The van der Waals surface area contributed by atoms with Gasteiger partial charge in [-0.25, -0.2) is 0 Å². The third-order valence-electron chi connectivity index (χ3n) is 4.58. The van der Waals surface area contributed by atoms with Gasteiger partial charge in [0.15, 0.2) is 0 Å². The van der Waals surface area contributed by atoms with E-state index < -0.39 is 30.5 Å². The number of benzene rings is 2. The molecular formula is C22H27ClF3NO3. The van der Waals surface area contributed by atoms with Gasteiger partial charge in [-0.15, -0.1) is 12.4 Å². The maximum atomic E-state index is 13.5. The third-order valence-corrected chi connectivity index (χ3v) is 4.58. The number of alkyl halides is 3. The minimum absolute atomic E-state index is 0. The molecule has 166 valence electrons. The van der Waals surface area contributed by atoms with Crippen molar-refractivity contribution < 1.29 is 28.1 Å². The fourth-order valence-corrected chi connectivity index (χ4v) is 2.78. The third kappa shape index (κ3) is 7.65. The van der Waals surface area contributed by atoms with Gasteiger partial charge in [-0.1, -0.05) is 42.0 Å². The van der Waals surface area contributed by atoms with Crippen LogP contribution < -0.4 is 10.5 Å². The molecule has 2 rings (SSSR count). The van der Waals surface area contributed by atoms with Crippen LogP contribution in [0.3, 0.4) is 0 Å². The molecule has 0 radical (unpaired) electrons. The van der Waals surface area contributed by atoms with E-state index in [4.69, 9.17) is 10.5 Å². The molecule has 0 spiro atoms. The van der Waals surface area contributed by atoms with Crippen LogP contribution in [0.15, 0.2) is 48.5 Å². The van der Waals surface area contributed by atoms with E-state index in [1.807, 2.05) is 31.2 Å². The van der Waals surface area contributed by atoms with Crippen molar-refractivity contribution >= 4 is 18.5 Å². The van der Waals surface area contributed by atoms with Gasteiger partial charge in [0, 0.05) is 0 Å². The van der Waals surface area contributed by atoms with E-state index in [0.29, 0.717) is 5.56 Å². The Balaban J connectivity index is 0.00000450. The molecule has 0 heterocycles. The lowest BCUT2D eigenvalue weighted by atomic mass is 9.93. The van der Waals surface area contributed by atoms with E-state index >= 15 is 0 Å². The van der Waals surface area contributed by atoms with Crippen molar-refractivity contribution in [1.29, 1.82) is 0 Å². The SMILES string of the molecule is Cc1cccc(/C=C/COc2ccc(CCC(N)(CO)CO)cc2C(F)(F)F)c1.Cl. The van der Waals surface area contributed by atoms with Crippen LogP contribution in [0.2, 0.25) is 0 Å². The standard InChI is InChI=1S/C22H26F3NO3.ClH/c1-16-4-2-5-17(12-16)6-3-11-29-20-8-7-18(13-19(20)22(23,24)25)9-10-21(26,14-27)15-28;/h2-8,12-13,27-28H,9-11,14-15,26H2,1H3;1H/b6-3+;. The van der Waals surface area contributed by atoms with E-state index in [1.54, 1.807) is 12.2 Å². The van der Waals surface area contributed by atoms with Crippen molar-refractivity contribution in [2.45, 2.75) is 31.5 Å². The van der Waals surface area contributed by atoms with E-state index in [1.165, 1.54) is 12.1 Å². The Bertz CT molecular complexity index is 837. The number of nitrogens with two attached hydrogens (primary N) is 1. The molecule has 0 aliphatic heterocycles. The second-order valence-electron chi connectivity index (χ2n) is 7.13. The summed E-state index contributed by atoms with van der Waals surface area (Å²) < 4.78 is 45.7. The molecule has 30 heavy (non-hydrogen) atoms. The van der Waals surface area contributed by atoms with Gasteiger partial charge in [0.05, 0.1) is 24.3 Å². The predicted octanol–water partition coefficient (Wildman–Crippen LogP) is 4.14. The van der Waals surface area contributed by atoms with E-state index in [2.05, 4.69) is 0 Å². The molecule has 2 aromatic rings. The summed E-state index contributed by atoms with van der Waals surface area (Å²) in [6.07, 6.45) is -0.780. The maximum Gasteiger partial charge on any atom is 0.419 e. The Morgan fingerprint density at radius 3 is 2.37 bits per heavy atom. The lowest BCUT2D eigenvalue weighted by molar-refractivity contribution is -0.138. The molecule has 4 N–H and O–H groups in total. The Labute approximate surface area is 180 Å². The Morgan fingerprint density at radius 2 is 1.77 bits per heavy atom. The predicted molar refractivity (Wildman–Crippen MR) is 114 cm³/mol. The highest BCUT2D eigenvalue weighted by molar-refractivity contribution is 5.85. The van der Waals surface area contributed by atoms with Gasteiger partial charge in [-0.3, -0.25) is 0 Å². The molecule has 0 aliphatic carbocycles. The minimum Gasteiger partial charge on any atom is -0.489 e. The zero-order valence-electron chi connectivity index (χ0n) is 16.7. The first-order valence-corrected chi connectivity index (χ1v) is 9.23. The quantitative estimate of drug-likeness (QED) is 0.542. The molecule has 8 heteroatoms.